The van der Waals surface area contributed by atoms with E-state index in [1.807, 2.05) is 0 Å². The molecule has 1 heterocycles. The summed E-state index contributed by atoms with van der Waals surface area (Å²) in [6.45, 7) is 7.90. The van der Waals surface area contributed by atoms with E-state index < -0.39 is 0 Å². The molecule has 0 aromatic rings. The van der Waals surface area contributed by atoms with Gasteiger partial charge in [-0.2, -0.15) is 0 Å². The summed E-state index contributed by atoms with van der Waals surface area (Å²) in [5, 5.41) is 3.16. The number of likely N-dealkylation sites (tertiary alicyclic amines) is 1. The van der Waals surface area contributed by atoms with Crippen molar-refractivity contribution in [2.45, 2.75) is 32.7 Å². The van der Waals surface area contributed by atoms with Gasteiger partial charge in [0.2, 0.25) is 0 Å². The lowest BCUT2D eigenvalue weighted by atomic mass is 9.97. The molecule has 0 aromatic heterocycles. The number of guanidine groups is 1. The Labute approximate surface area is 116 Å². The number of hydrogen-bond acceptors (Lipinski definition) is 2. The molecule has 0 radical (unpaired) electrons. The SMILES string of the molecule is CN=C(N)NCC1CCCN(C(C)C)C1.I. The third kappa shape index (κ3) is 5.34. The molecule has 1 rings (SSSR count). The van der Waals surface area contributed by atoms with Gasteiger partial charge < -0.3 is 16.0 Å². The monoisotopic (exact) mass is 340 g/mol. The molecule has 1 saturated heterocycles. The second-order valence-electron chi connectivity index (χ2n) is 4.59. The molecule has 3 N–H and O–H groups in total. The van der Waals surface area contributed by atoms with E-state index >= 15 is 0 Å². The minimum absolute atomic E-state index is 0. The first-order valence-electron chi connectivity index (χ1n) is 5.83. The molecule has 0 spiro atoms. The number of piperidine rings is 1. The van der Waals surface area contributed by atoms with Crippen LogP contribution in [0.1, 0.15) is 26.7 Å². The lowest BCUT2D eigenvalue weighted by Crippen LogP contribution is -2.44. The zero-order valence-corrected chi connectivity index (χ0v) is 12.9. The summed E-state index contributed by atoms with van der Waals surface area (Å²) >= 11 is 0. The van der Waals surface area contributed by atoms with Gasteiger partial charge in [0.05, 0.1) is 0 Å². The van der Waals surface area contributed by atoms with E-state index in [0.717, 1.165) is 6.54 Å². The van der Waals surface area contributed by atoms with Gasteiger partial charge in [-0.3, -0.25) is 4.99 Å². The molecule has 0 aromatic carbocycles. The van der Waals surface area contributed by atoms with E-state index in [1.165, 1.54) is 25.9 Å². The number of aliphatic imine (C=N–C) groups is 1. The van der Waals surface area contributed by atoms with Gasteiger partial charge >= 0.3 is 0 Å². The number of nitrogens with zero attached hydrogens (tertiary/aromatic N) is 2. The van der Waals surface area contributed by atoms with Crippen LogP contribution in [-0.4, -0.2) is 43.6 Å². The molecule has 5 heteroatoms. The highest BCUT2D eigenvalue weighted by molar-refractivity contribution is 14.0. The van der Waals surface area contributed by atoms with Crippen molar-refractivity contribution in [2.24, 2.45) is 16.6 Å². The van der Waals surface area contributed by atoms with Crippen molar-refractivity contribution in [3.63, 3.8) is 0 Å². The van der Waals surface area contributed by atoms with Gasteiger partial charge in [0.25, 0.3) is 0 Å². The Kier molecular flexibility index (Phi) is 8.09. The van der Waals surface area contributed by atoms with E-state index in [1.54, 1.807) is 7.05 Å². The summed E-state index contributed by atoms with van der Waals surface area (Å²) in [7, 11) is 1.71. The van der Waals surface area contributed by atoms with Crippen molar-refractivity contribution in [1.29, 1.82) is 0 Å². The number of halogens is 1. The Hall–Kier alpha value is -0.0400. The average Bonchev–Trinajstić information content (AvgIpc) is 2.26. The minimum Gasteiger partial charge on any atom is -0.370 e. The highest BCUT2D eigenvalue weighted by Gasteiger charge is 2.21. The zero-order chi connectivity index (χ0) is 11.3. The van der Waals surface area contributed by atoms with E-state index in [2.05, 4.69) is 29.1 Å². The van der Waals surface area contributed by atoms with E-state index in [0.29, 0.717) is 17.9 Å². The maximum atomic E-state index is 5.61. The first-order valence-corrected chi connectivity index (χ1v) is 5.83. The second-order valence-corrected chi connectivity index (χ2v) is 4.59. The van der Waals surface area contributed by atoms with Crippen LogP contribution in [0.4, 0.5) is 0 Å². The normalized spacial score (nSPS) is 23.0. The molecule has 0 amide bonds. The van der Waals surface area contributed by atoms with Crippen molar-refractivity contribution in [2.75, 3.05) is 26.7 Å². The summed E-state index contributed by atoms with van der Waals surface area (Å²) in [5.74, 6) is 1.26. The molecule has 1 atom stereocenters. The maximum Gasteiger partial charge on any atom is 0.188 e. The van der Waals surface area contributed by atoms with Crippen LogP contribution >= 0.6 is 24.0 Å². The summed E-state index contributed by atoms with van der Waals surface area (Å²) in [4.78, 5) is 6.43. The fourth-order valence-electron chi connectivity index (χ4n) is 2.06. The Morgan fingerprint density at radius 3 is 2.81 bits per heavy atom. The van der Waals surface area contributed by atoms with Crippen molar-refractivity contribution in [3.8, 4) is 0 Å². The van der Waals surface area contributed by atoms with Crippen LogP contribution in [0.3, 0.4) is 0 Å². The van der Waals surface area contributed by atoms with E-state index in [-0.39, 0.29) is 24.0 Å². The van der Waals surface area contributed by atoms with Crippen LogP contribution in [0.15, 0.2) is 4.99 Å². The van der Waals surface area contributed by atoms with Crippen molar-refractivity contribution >= 4 is 29.9 Å². The molecular weight excluding hydrogens is 315 g/mol. The quantitative estimate of drug-likeness (QED) is 0.462. The Morgan fingerprint density at radius 1 is 1.56 bits per heavy atom. The first-order chi connectivity index (χ1) is 7.13. The number of rotatable bonds is 3. The first kappa shape index (κ1) is 16.0. The van der Waals surface area contributed by atoms with Gasteiger partial charge in [-0.1, -0.05) is 0 Å². The highest BCUT2D eigenvalue weighted by Crippen LogP contribution is 2.17. The van der Waals surface area contributed by atoms with Gasteiger partial charge in [-0.15, -0.1) is 24.0 Å². The van der Waals surface area contributed by atoms with Gasteiger partial charge in [0.1, 0.15) is 0 Å². The van der Waals surface area contributed by atoms with Crippen molar-refractivity contribution in [1.82, 2.24) is 10.2 Å². The molecule has 1 unspecified atom stereocenters. The summed E-state index contributed by atoms with van der Waals surface area (Å²) < 4.78 is 0. The van der Waals surface area contributed by atoms with Gasteiger partial charge in [-0.25, -0.2) is 0 Å². The number of hydrogen-bond donors (Lipinski definition) is 2. The fraction of sp³-hybridized carbons (Fsp3) is 0.909. The van der Waals surface area contributed by atoms with Crippen LogP contribution in [0.5, 0.6) is 0 Å². The minimum atomic E-state index is 0. The lowest BCUT2D eigenvalue weighted by molar-refractivity contribution is 0.141. The molecule has 96 valence electrons. The molecule has 1 fully saturated rings. The third-order valence-corrected chi connectivity index (χ3v) is 3.09. The topological polar surface area (TPSA) is 53.6 Å². The van der Waals surface area contributed by atoms with Gasteiger partial charge in [0, 0.05) is 26.2 Å². The van der Waals surface area contributed by atoms with Crippen LogP contribution in [-0.2, 0) is 0 Å². The molecule has 1 aliphatic heterocycles. The van der Waals surface area contributed by atoms with Gasteiger partial charge in [-0.05, 0) is 39.2 Å². The standard InChI is InChI=1S/C11H24N4.HI/c1-9(2)15-6-4-5-10(8-15)7-14-11(12)13-3;/h9-10H,4-8H2,1-3H3,(H3,12,13,14);1H. The summed E-state index contributed by atoms with van der Waals surface area (Å²) in [5.41, 5.74) is 5.61. The fourth-order valence-corrected chi connectivity index (χ4v) is 2.06. The Bertz CT molecular complexity index is 218. The van der Waals surface area contributed by atoms with Crippen LogP contribution in [0.2, 0.25) is 0 Å². The maximum absolute atomic E-state index is 5.61. The number of nitrogens with two attached hydrogens (primary N) is 1. The predicted molar refractivity (Wildman–Crippen MR) is 80.4 cm³/mol. The van der Waals surface area contributed by atoms with Crippen LogP contribution < -0.4 is 11.1 Å². The molecule has 4 nitrogen and oxygen atoms in total. The smallest absolute Gasteiger partial charge is 0.188 e. The highest BCUT2D eigenvalue weighted by atomic mass is 127. The zero-order valence-electron chi connectivity index (χ0n) is 10.6. The molecule has 0 saturated carbocycles. The van der Waals surface area contributed by atoms with Crippen molar-refractivity contribution in [3.05, 3.63) is 0 Å². The average molecular weight is 340 g/mol. The molecular formula is C11H25IN4. The second kappa shape index (κ2) is 8.11. The van der Waals surface area contributed by atoms with Crippen LogP contribution in [0.25, 0.3) is 0 Å². The summed E-state index contributed by atoms with van der Waals surface area (Å²) in [6, 6.07) is 0.657. The van der Waals surface area contributed by atoms with E-state index in [4.69, 9.17) is 5.73 Å². The van der Waals surface area contributed by atoms with Crippen molar-refractivity contribution < 1.29 is 0 Å². The lowest BCUT2D eigenvalue weighted by Gasteiger charge is -2.35. The largest absolute Gasteiger partial charge is 0.370 e. The molecule has 0 bridgehead atoms. The Balaban J connectivity index is 0.00000225. The molecule has 0 aliphatic carbocycles. The number of nitrogens with one attached hydrogen (secondary N) is 1. The third-order valence-electron chi connectivity index (χ3n) is 3.09. The predicted octanol–water partition coefficient (Wildman–Crippen LogP) is 1.26. The Morgan fingerprint density at radius 2 is 2.25 bits per heavy atom. The summed E-state index contributed by atoms with van der Waals surface area (Å²) in [6.07, 6.45) is 2.60. The van der Waals surface area contributed by atoms with E-state index in [9.17, 15) is 0 Å². The van der Waals surface area contributed by atoms with Gasteiger partial charge in [0.15, 0.2) is 5.96 Å². The molecule has 16 heavy (non-hydrogen) atoms. The van der Waals surface area contributed by atoms with Crippen LogP contribution in [0, 0.1) is 5.92 Å². The molecule has 1 aliphatic rings.